The van der Waals surface area contributed by atoms with E-state index in [1.54, 1.807) is 6.92 Å². The van der Waals surface area contributed by atoms with E-state index in [9.17, 15) is 14.0 Å². The Labute approximate surface area is 121 Å². The van der Waals surface area contributed by atoms with Crippen LogP contribution in [0.25, 0.3) is 0 Å². The van der Waals surface area contributed by atoms with Crippen molar-refractivity contribution in [1.82, 2.24) is 4.90 Å². The molecule has 1 atom stereocenters. The van der Waals surface area contributed by atoms with E-state index in [2.05, 4.69) is 5.32 Å². The minimum atomic E-state index is -0.906. The topological polar surface area (TPSA) is 78.9 Å². The summed E-state index contributed by atoms with van der Waals surface area (Å²) in [5, 5.41) is 11.5. The van der Waals surface area contributed by atoms with Crippen molar-refractivity contribution in [2.75, 3.05) is 25.5 Å². The molecule has 1 heterocycles. The summed E-state index contributed by atoms with van der Waals surface area (Å²) in [6.45, 7) is 2.26. The van der Waals surface area contributed by atoms with Crippen LogP contribution in [0.4, 0.5) is 14.9 Å². The van der Waals surface area contributed by atoms with Crippen LogP contribution in [0.5, 0.6) is 5.75 Å². The molecule has 21 heavy (non-hydrogen) atoms. The van der Waals surface area contributed by atoms with Crippen LogP contribution in [0.2, 0.25) is 0 Å². The average Bonchev–Trinajstić information content (AvgIpc) is 2.92. The third-order valence-corrected chi connectivity index (χ3v) is 3.57. The molecule has 0 aromatic heterocycles. The number of hydrogen-bond acceptors (Lipinski definition) is 3. The normalized spacial score (nSPS) is 17.7. The first kappa shape index (κ1) is 15.1. The van der Waals surface area contributed by atoms with Gasteiger partial charge in [-0.2, -0.15) is 0 Å². The van der Waals surface area contributed by atoms with Crippen molar-refractivity contribution in [3.63, 3.8) is 0 Å². The summed E-state index contributed by atoms with van der Waals surface area (Å²) in [7, 11) is 1.37. The van der Waals surface area contributed by atoms with Gasteiger partial charge in [0.15, 0.2) is 11.6 Å². The number of rotatable bonds is 3. The monoisotopic (exact) mass is 296 g/mol. The summed E-state index contributed by atoms with van der Waals surface area (Å²) in [4.78, 5) is 24.4. The number of carboxylic acid groups (broad SMARTS) is 1. The quantitative estimate of drug-likeness (QED) is 0.895. The number of anilines is 1. The van der Waals surface area contributed by atoms with Gasteiger partial charge in [-0.15, -0.1) is 0 Å². The zero-order chi connectivity index (χ0) is 15.6. The maximum Gasteiger partial charge on any atom is 0.321 e. The van der Waals surface area contributed by atoms with Gasteiger partial charge in [-0.25, -0.2) is 9.18 Å². The van der Waals surface area contributed by atoms with Crippen LogP contribution in [0, 0.1) is 18.7 Å². The lowest BCUT2D eigenvalue weighted by Crippen LogP contribution is -2.34. The van der Waals surface area contributed by atoms with Crippen LogP contribution in [0.3, 0.4) is 0 Å². The minimum Gasteiger partial charge on any atom is -0.494 e. The van der Waals surface area contributed by atoms with Crippen molar-refractivity contribution in [3.8, 4) is 5.75 Å². The number of nitrogens with one attached hydrogen (secondary N) is 1. The molecule has 0 spiro atoms. The lowest BCUT2D eigenvalue weighted by Gasteiger charge is -2.18. The lowest BCUT2D eigenvalue weighted by molar-refractivity contribution is -0.141. The average molecular weight is 296 g/mol. The fourth-order valence-corrected chi connectivity index (χ4v) is 2.29. The van der Waals surface area contributed by atoms with Gasteiger partial charge in [0.25, 0.3) is 0 Å². The first-order chi connectivity index (χ1) is 9.92. The van der Waals surface area contributed by atoms with E-state index in [1.165, 1.54) is 24.1 Å². The molecule has 2 rings (SSSR count). The first-order valence-electron chi connectivity index (χ1n) is 6.55. The van der Waals surface area contributed by atoms with Gasteiger partial charge in [-0.05, 0) is 25.0 Å². The first-order valence-corrected chi connectivity index (χ1v) is 6.55. The lowest BCUT2D eigenvalue weighted by atomic mass is 10.1. The summed E-state index contributed by atoms with van der Waals surface area (Å²) < 4.78 is 18.5. The van der Waals surface area contributed by atoms with Crippen molar-refractivity contribution in [2.45, 2.75) is 13.3 Å². The summed E-state index contributed by atoms with van der Waals surface area (Å²) in [6.07, 6.45) is 0.429. The Morgan fingerprint density at radius 2 is 2.19 bits per heavy atom. The van der Waals surface area contributed by atoms with Gasteiger partial charge in [0, 0.05) is 24.8 Å². The number of aliphatic carboxylic acids is 1. The molecule has 2 amide bonds. The Hall–Kier alpha value is -2.31. The molecule has 0 saturated carbocycles. The molecule has 1 aliphatic rings. The van der Waals surface area contributed by atoms with Gasteiger partial charge in [-0.1, -0.05) is 0 Å². The maximum atomic E-state index is 13.7. The predicted molar refractivity (Wildman–Crippen MR) is 74.0 cm³/mol. The Balaban J connectivity index is 2.07. The number of carbonyl (C=O) groups is 2. The highest BCUT2D eigenvalue weighted by Crippen LogP contribution is 2.26. The largest absolute Gasteiger partial charge is 0.494 e. The highest BCUT2D eigenvalue weighted by Gasteiger charge is 2.31. The van der Waals surface area contributed by atoms with Crippen LogP contribution in [0.15, 0.2) is 12.1 Å². The molecule has 0 bridgehead atoms. The number of hydrogen-bond donors (Lipinski definition) is 2. The number of aryl methyl sites for hydroxylation is 1. The van der Waals surface area contributed by atoms with E-state index in [4.69, 9.17) is 9.84 Å². The maximum absolute atomic E-state index is 13.7. The molecule has 1 aliphatic heterocycles. The summed E-state index contributed by atoms with van der Waals surface area (Å²) in [5.41, 5.74) is 1.01. The zero-order valence-electron chi connectivity index (χ0n) is 11.9. The molecule has 6 nitrogen and oxygen atoms in total. The summed E-state index contributed by atoms with van der Waals surface area (Å²) in [5.74, 6) is -1.90. The standard InChI is InChI=1S/C14H17FN2O4/c1-8-5-12(21-2)10(15)6-11(8)16-14(20)17-4-3-9(7-17)13(18)19/h5-6,9H,3-4,7H2,1-2H3,(H,16,20)(H,18,19)/t9-/m1/s1. The van der Waals surface area contributed by atoms with Crippen molar-refractivity contribution in [2.24, 2.45) is 5.92 Å². The van der Waals surface area contributed by atoms with Crippen LogP contribution in [0.1, 0.15) is 12.0 Å². The number of amides is 2. The van der Waals surface area contributed by atoms with E-state index in [1.807, 2.05) is 0 Å². The highest BCUT2D eigenvalue weighted by atomic mass is 19.1. The molecule has 1 aromatic rings. The fraction of sp³-hybridized carbons (Fsp3) is 0.429. The van der Waals surface area contributed by atoms with Crippen LogP contribution in [-0.2, 0) is 4.79 Å². The van der Waals surface area contributed by atoms with Gasteiger partial charge in [0.2, 0.25) is 0 Å². The number of urea groups is 1. The number of nitrogens with zero attached hydrogens (tertiary/aromatic N) is 1. The second-order valence-corrected chi connectivity index (χ2v) is 5.00. The van der Waals surface area contributed by atoms with Crippen molar-refractivity contribution in [3.05, 3.63) is 23.5 Å². The zero-order valence-corrected chi connectivity index (χ0v) is 11.9. The molecular formula is C14H17FN2O4. The molecule has 2 N–H and O–H groups in total. The Morgan fingerprint density at radius 1 is 1.48 bits per heavy atom. The molecule has 0 radical (unpaired) electrons. The molecule has 1 aromatic carbocycles. The summed E-state index contributed by atoms with van der Waals surface area (Å²) in [6, 6.07) is 2.26. The van der Waals surface area contributed by atoms with Crippen LogP contribution in [-0.4, -0.2) is 42.2 Å². The van der Waals surface area contributed by atoms with Gasteiger partial charge < -0.3 is 20.1 Å². The molecule has 0 aliphatic carbocycles. The number of carboxylic acids is 1. The van der Waals surface area contributed by atoms with E-state index in [0.717, 1.165) is 0 Å². The minimum absolute atomic E-state index is 0.109. The highest BCUT2D eigenvalue weighted by molar-refractivity contribution is 5.91. The molecule has 1 fully saturated rings. The van der Waals surface area contributed by atoms with Crippen molar-refractivity contribution < 1.29 is 23.8 Å². The van der Waals surface area contributed by atoms with Crippen molar-refractivity contribution >= 4 is 17.7 Å². The number of carbonyl (C=O) groups excluding carboxylic acids is 1. The van der Waals surface area contributed by atoms with Gasteiger partial charge >= 0.3 is 12.0 Å². The predicted octanol–water partition coefficient (Wildman–Crippen LogP) is 2.08. The third kappa shape index (κ3) is 3.24. The second-order valence-electron chi connectivity index (χ2n) is 5.00. The number of benzene rings is 1. The molecular weight excluding hydrogens is 279 g/mol. The molecule has 0 unspecified atom stereocenters. The fourth-order valence-electron chi connectivity index (χ4n) is 2.29. The van der Waals surface area contributed by atoms with E-state index in [0.29, 0.717) is 24.2 Å². The molecule has 114 valence electrons. The summed E-state index contributed by atoms with van der Waals surface area (Å²) >= 11 is 0. The Kier molecular flexibility index (Phi) is 4.30. The van der Waals surface area contributed by atoms with Crippen LogP contribution < -0.4 is 10.1 Å². The number of likely N-dealkylation sites (tertiary alicyclic amines) is 1. The Morgan fingerprint density at radius 3 is 2.76 bits per heavy atom. The molecule has 7 heteroatoms. The second kappa shape index (κ2) is 5.99. The van der Waals surface area contributed by atoms with Crippen molar-refractivity contribution in [1.29, 1.82) is 0 Å². The van der Waals surface area contributed by atoms with E-state index >= 15 is 0 Å². The Bertz CT molecular complexity index is 576. The third-order valence-electron chi connectivity index (χ3n) is 3.57. The van der Waals surface area contributed by atoms with Gasteiger partial charge in [0.1, 0.15) is 0 Å². The number of methoxy groups -OCH3 is 1. The number of ether oxygens (including phenoxy) is 1. The van der Waals surface area contributed by atoms with Gasteiger partial charge in [0.05, 0.1) is 13.0 Å². The van der Waals surface area contributed by atoms with E-state index < -0.39 is 23.7 Å². The van der Waals surface area contributed by atoms with Gasteiger partial charge in [-0.3, -0.25) is 4.79 Å². The molecule has 1 saturated heterocycles. The smallest absolute Gasteiger partial charge is 0.321 e. The van der Waals surface area contributed by atoms with Crippen LogP contribution >= 0.6 is 0 Å². The number of halogens is 1. The van der Waals surface area contributed by atoms with E-state index in [-0.39, 0.29) is 12.3 Å². The SMILES string of the molecule is COc1cc(C)c(NC(=O)N2CC[C@@H](C(=O)O)C2)cc1F.